The fourth-order valence-corrected chi connectivity index (χ4v) is 2.32. The predicted molar refractivity (Wildman–Crippen MR) is 96.3 cm³/mol. The van der Waals surface area contributed by atoms with Gasteiger partial charge in [-0.25, -0.2) is 0 Å². The first-order valence-electron chi connectivity index (χ1n) is 7.50. The van der Waals surface area contributed by atoms with E-state index in [-0.39, 0.29) is 11.3 Å². The summed E-state index contributed by atoms with van der Waals surface area (Å²) in [5.41, 5.74) is 3.87. The van der Waals surface area contributed by atoms with Gasteiger partial charge in [-0.1, -0.05) is 18.2 Å². The summed E-state index contributed by atoms with van der Waals surface area (Å²) >= 11 is 0. The maximum Gasteiger partial charge on any atom is 0.320 e. The lowest BCUT2D eigenvalue weighted by Gasteiger charge is -2.10. The molecule has 0 fully saturated rings. The number of nitrogens with zero attached hydrogens (tertiary/aromatic N) is 4. The number of para-hydroxylation sites is 1. The van der Waals surface area contributed by atoms with Crippen molar-refractivity contribution < 1.29 is 14.7 Å². The molecule has 0 radical (unpaired) electrons. The van der Waals surface area contributed by atoms with Crippen molar-refractivity contribution in [2.24, 2.45) is 15.4 Å². The topological polar surface area (TPSA) is 124 Å². The van der Waals surface area contributed by atoms with Crippen LogP contribution in [-0.4, -0.2) is 28.3 Å². The van der Waals surface area contributed by atoms with Gasteiger partial charge in [-0.2, -0.15) is 15.2 Å². The molecule has 0 unspecified atom stereocenters. The van der Waals surface area contributed by atoms with Crippen LogP contribution in [0.3, 0.4) is 0 Å². The van der Waals surface area contributed by atoms with Gasteiger partial charge in [0.25, 0.3) is 0 Å². The molecule has 0 aromatic heterocycles. The number of hydrogen-bond acceptors (Lipinski definition) is 7. The van der Waals surface area contributed by atoms with Gasteiger partial charge in [-0.05, 0) is 31.2 Å². The molecule has 2 N–H and O–H groups in total. The van der Waals surface area contributed by atoms with Gasteiger partial charge in [0, 0.05) is 11.2 Å². The fraction of sp³-hybridized carbons (Fsp3) is 0.0588. The van der Waals surface area contributed by atoms with E-state index >= 15 is 0 Å². The van der Waals surface area contributed by atoms with Crippen molar-refractivity contribution in [1.29, 1.82) is 0 Å². The van der Waals surface area contributed by atoms with Crippen LogP contribution in [0.15, 0.2) is 63.9 Å². The van der Waals surface area contributed by atoms with Crippen molar-refractivity contribution in [2.45, 2.75) is 6.92 Å². The highest BCUT2D eigenvalue weighted by molar-refractivity contribution is 6.71. The summed E-state index contributed by atoms with van der Waals surface area (Å²) in [7, 11) is 0. The number of hydrogen-bond donors (Lipinski definition) is 2. The molecular formula is C17H13N5O4. The number of hydrazone groups is 2. The number of aromatic hydroxyl groups is 1. The van der Waals surface area contributed by atoms with Crippen LogP contribution in [0.5, 0.6) is 5.75 Å². The average Bonchev–Trinajstić information content (AvgIpc) is 2.94. The number of nitrogens with one attached hydrogen (secondary N) is 1. The minimum atomic E-state index is -1.08. The van der Waals surface area contributed by atoms with Crippen LogP contribution in [0.1, 0.15) is 17.3 Å². The molecule has 3 rings (SSSR count). The molecule has 1 heterocycles. The van der Waals surface area contributed by atoms with Crippen LogP contribution >= 0.6 is 0 Å². The molecule has 1 aliphatic rings. The van der Waals surface area contributed by atoms with Crippen LogP contribution in [-0.2, 0) is 4.79 Å². The zero-order valence-electron chi connectivity index (χ0n) is 13.6. The Morgan fingerprint density at radius 2 is 1.92 bits per heavy atom. The first-order valence-corrected chi connectivity index (χ1v) is 7.50. The van der Waals surface area contributed by atoms with E-state index in [1.54, 1.807) is 31.2 Å². The summed E-state index contributed by atoms with van der Waals surface area (Å²) in [6, 6.07) is 12.8. The maximum atomic E-state index is 12.5. The maximum absolute atomic E-state index is 12.5. The second kappa shape index (κ2) is 6.93. The Morgan fingerprint density at radius 1 is 1.19 bits per heavy atom. The number of nitroso groups, excluding NO2 is 1. The van der Waals surface area contributed by atoms with Crippen molar-refractivity contribution in [3.8, 4) is 5.75 Å². The van der Waals surface area contributed by atoms with Crippen LogP contribution < -0.4 is 10.4 Å². The van der Waals surface area contributed by atoms with E-state index < -0.39 is 17.6 Å². The molecule has 0 bridgehead atoms. The van der Waals surface area contributed by atoms with E-state index in [0.717, 1.165) is 0 Å². The summed E-state index contributed by atoms with van der Waals surface area (Å²) in [5, 5.41) is 21.5. The lowest BCUT2D eigenvalue weighted by atomic mass is 10.2. The highest BCUT2D eigenvalue weighted by Crippen LogP contribution is 2.23. The molecule has 9 nitrogen and oxygen atoms in total. The number of rotatable bonds is 4. The lowest BCUT2D eigenvalue weighted by molar-refractivity contribution is -0.112. The summed E-state index contributed by atoms with van der Waals surface area (Å²) in [6.07, 6.45) is 0. The lowest BCUT2D eigenvalue weighted by Crippen LogP contribution is -2.27. The molecule has 0 spiro atoms. The molecule has 0 saturated carbocycles. The van der Waals surface area contributed by atoms with Crippen molar-refractivity contribution in [1.82, 2.24) is 0 Å². The molecule has 9 heteroatoms. The second-order valence-electron chi connectivity index (χ2n) is 5.34. The zero-order chi connectivity index (χ0) is 18.7. The average molecular weight is 351 g/mol. The molecule has 2 aromatic carbocycles. The summed E-state index contributed by atoms with van der Waals surface area (Å²) in [4.78, 5) is 34.0. The van der Waals surface area contributed by atoms with E-state index in [2.05, 4.69) is 20.8 Å². The minimum absolute atomic E-state index is 0.114. The molecule has 0 aliphatic carbocycles. The molecule has 0 atom stereocenters. The van der Waals surface area contributed by atoms with Crippen LogP contribution in [0, 0.1) is 4.91 Å². The summed E-state index contributed by atoms with van der Waals surface area (Å²) in [5.74, 6) is -1.90. The van der Waals surface area contributed by atoms with E-state index in [9.17, 15) is 19.6 Å². The highest BCUT2D eigenvalue weighted by Gasteiger charge is 2.30. The monoisotopic (exact) mass is 351 g/mol. The van der Waals surface area contributed by atoms with Crippen LogP contribution in [0.2, 0.25) is 0 Å². The highest BCUT2D eigenvalue weighted by atomic mass is 16.3. The van der Waals surface area contributed by atoms with Gasteiger partial charge in [0.1, 0.15) is 5.75 Å². The van der Waals surface area contributed by atoms with E-state index in [1.165, 1.54) is 23.2 Å². The van der Waals surface area contributed by atoms with E-state index in [0.29, 0.717) is 17.1 Å². The standard InChI is InChI=1S/C17H13N5O4/c1-10-15(17(25)22(20-10)12-5-3-2-4-6-12)19-18-11-7-8-13(14(23)9-11)16(24)21-26/h2-9,18,23H,1H3/b19-15-. The SMILES string of the molecule is CC1=NN(c2ccccc2)C(=O)/C1=N\Nc1ccc(C(=O)N=O)c(O)c1. The Labute approximate surface area is 147 Å². The van der Waals surface area contributed by atoms with Crippen molar-refractivity contribution >= 4 is 34.6 Å². The van der Waals surface area contributed by atoms with Gasteiger partial charge in [0.05, 0.1) is 22.6 Å². The molecule has 0 saturated heterocycles. The van der Waals surface area contributed by atoms with E-state index in [4.69, 9.17) is 0 Å². The van der Waals surface area contributed by atoms with Gasteiger partial charge in [0.2, 0.25) is 0 Å². The molecule has 2 amide bonds. The Balaban J connectivity index is 1.80. The summed E-state index contributed by atoms with van der Waals surface area (Å²) in [6.45, 7) is 1.65. The van der Waals surface area contributed by atoms with Crippen LogP contribution in [0.25, 0.3) is 0 Å². The molecular weight excluding hydrogens is 338 g/mol. The van der Waals surface area contributed by atoms with Crippen LogP contribution in [0.4, 0.5) is 11.4 Å². The Kier molecular flexibility index (Phi) is 4.52. The quantitative estimate of drug-likeness (QED) is 0.647. The number of carbonyl (C=O) groups excluding carboxylic acids is 2. The summed E-state index contributed by atoms with van der Waals surface area (Å²) < 4.78 is 0. The largest absolute Gasteiger partial charge is 0.507 e. The molecule has 130 valence electrons. The molecule has 1 aliphatic heterocycles. The van der Waals surface area contributed by atoms with Crippen molar-refractivity contribution in [3.05, 3.63) is 59.0 Å². The number of amides is 2. The molecule has 2 aromatic rings. The van der Waals surface area contributed by atoms with Gasteiger partial charge >= 0.3 is 11.8 Å². The fourth-order valence-electron chi connectivity index (χ4n) is 2.32. The van der Waals surface area contributed by atoms with Crippen molar-refractivity contribution in [2.75, 3.05) is 10.4 Å². The number of phenolic OH excluding ortho intramolecular Hbond substituents is 1. The number of anilines is 2. The third-order valence-electron chi connectivity index (χ3n) is 3.60. The molecule has 26 heavy (non-hydrogen) atoms. The predicted octanol–water partition coefficient (Wildman–Crippen LogP) is 2.49. The Bertz CT molecular complexity index is 953. The minimum Gasteiger partial charge on any atom is -0.507 e. The van der Waals surface area contributed by atoms with Gasteiger partial charge in [0.15, 0.2) is 5.71 Å². The Morgan fingerprint density at radius 3 is 2.58 bits per heavy atom. The second-order valence-corrected chi connectivity index (χ2v) is 5.34. The first-order chi connectivity index (χ1) is 12.5. The zero-order valence-corrected chi connectivity index (χ0v) is 13.6. The number of benzene rings is 2. The van der Waals surface area contributed by atoms with E-state index in [1.807, 2.05) is 6.07 Å². The van der Waals surface area contributed by atoms with Gasteiger partial charge < -0.3 is 5.11 Å². The first kappa shape index (κ1) is 17.0. The smallest absolute Gasteiger partial charge is 0.320 e. The third kappa shape index (κ3) is 3.18. The van der Waals surface area contributed by atoms with Gasteiger partial charge in [-0.15, -0.1) is 4.91 Å². The van der Waals surface area contributed by atoms with Crippen molar-refractivity contribution in [3.63, 3.8) is 0 Å². The third-order valence-corrected chi connectivity index (χ3v) is 3.60. The Hall–Kier alpha value is -3.88. The number of phenols is 1. The normalized spacial score (nSPS) is 15.1. The number of carbonyl (C=O) groups is 2. The van der Waals surface area contributed by atoms with Gasteiger partial charge in [-0.3, -0.25) is 15.0 Å².